The number of nitrogens with one attached hydrogen (secondary N) is 1. The summed E-state index contributed by atoms with van der Waals surface area (Å²) in [6.07, 6.45) is -4.78. The van der Waals surface area contributed by atoms with Crippen LogP contribution in [-0.2, 0) is 28.8 Å². The molecule has 0 spiro atoms. The zero-order valence-electron chi connectivity index (χ0n) is 15.9. The highest BCUT2D eigenvalue weighted by Crippen LogP contribution is 2.36. The van der Waals surface area contributed by atoms with Crippen LogP contribution in [0.4, 0.5) is 18.9 Å². The van der Waals surface area contributed by atoms with Gasteiger partial charge in [-0.1, -0.05) is 13.8 Å². The van der Waals surface area contributed by atoms with Crippen LogP contribution in [-0.4, -0.2) is 17.0 Å². The van der Waals surface area contributed by atoms with Gasteiger partial charge in [0.05, 0.1) is 20.9 Å². The lowest BCUT2D eigenvalue weighted by molar-refractivity contribution is -0.138. The fourth-order valence-corrected chi connectivity index (χ4v) is 3.99. The maximum absolute atomic E-state index is 13.3. The molecule has 0 unspecified atom stereocenters. The molecule has 0 aliphatic heterocycles. The van der Waals surface area contributed by atoms with Crippen molar-refractivity contribution in [3.05, 3.63) is 56.0 Å². The molecule has 0 aliphatic carbocycles. The number of halogens is 5. The standard InChI is InChI=1S/C20H18Br2F3NO4/c1-10(2)19(29)26-14-4-12(3-13(8-14)20(23,24)25)9-30-18-15(21)5-11(6-16(18)22)7-17(27)28/h3-6,8,10H,7,9H2,1-2H3,(H,26,29)(H,27,28). The Labute approximate surface area is 187 Å². The molecule has 5 nitrogen and oxygen atoms in total. The number of anilines is 1. The molecule has 0 aromatic heterocycles. The predicted octanol–water partition coefficient (Wildman–Crippen LogP) is 6.03. The van der Waals surface area contributed by atoms with Crippen molar-refractivity contribution in [3.8, 4) is 5.75 Å². The van der Waals surface area contributed by atoms with Gasteiger partial charge >= 0.3 is 12.1 Å². The second-order valence-electron chi connectivity index (χ2n) is 6.81. The van der Waals surface area contributed by atoms with E-state index in [0.717, 1.165) is 12.1 Å². The van der Waals surface area contributed by atoms with Crippen molar-refractivity contribution in [1.29, 1.82) is 0 Å². The molecule has 10 heteroatoms. The lowest BCUT2D eigenvalue weighted by Crippen LogP contribution is -2.18. The van der Waals surface area contributed by atoms with E-state index in [4.69, 9.17) is 9.84 Å². The molecule has 0 atom stereocenters. The van der Waals surface area contributed by atoms with E-state index < -0.39 is 29.5 Å². The van der Waals surface area contributed by atoms with Crippen LogP contribution < -0.4 is 10.1 Å². The van der Waals surface area contributed by atoms with Gasteiger partial charge in [0.2, 0.25) is 5.91 Å². The van der Waals surface area contributed by atoms with Crippen LogP contribution in [0.1, 0.15) is 30.5 Å². The van der Waals surface area contributed by atoms with Crippen LogP contribution in [0.25, 0.3) is 0 Å². The van der Waals surface area contributed by atoms with Gasteiger partial charge in [-0.05, 0) is 73.3 Å². The first-order chi connectivity index (χ1) is 13.9. The molecule has 2 aromatic carbocycles. The summed E-state index contributed by atoms with van der Waals surface area (Å²) in [6, 6.07) is 6.36. The van der Waals surface area contributed by atoms with Gasteiger partial charge in [0.25, 0.3) is 0 Å². The molecule has 0 fully saturated rings. The summed E-state index contributed by atoms with van der Waals surface area (Å²) in [7, 11) is 0. The average Bonchev–Trinajstić information content (AvgIpc) is 2.59. The van der Waals surface area contributed by atoms with E-state index in [2.05, 4.69) is 37.2 Å². The Kier molecular flexibility index (Phi) is 7.93. The first-order valence-electron chi connectivity index (χ1n) is 8.71. The number of benzene rings is 2. The van der Waals surface area contributed by atoms with E-state index in [1.807, 2.05) is 0 Å². The second kappa shape index (κ2) is 9.82. The Bertz CT molecular complexity index is 939. The topological polar surface area (TPSA) is 75.6 Å². The summed E-state index contributed by atoms with van der Waals surface area (Å²) in [5, 5.41) is 11.4. The zero-order valence-corrected chi connectivity index (χ0v) is 19.1. The highest BCUT2D eigenvalue weighted by Gasteiger charge is 2.31. The summed E-state index contributed by atoms with van der Waals surface area (Å²) in [4.78, 5) is 22.8. The third-order valence-electron chi connectivity index (χ3n) is 3.91. The van der Waals surface area contributed by atoms with Crippen LogP contribution in [0.15, 0.2) is 39.3 Å². The third-order valence-corrected chi connectivity index (χ3v) is 5.09. The fourth-order valence-electron chi connectivity index (χ4n) is 2.48. The summed E-state index contributed by atoms with van der Waals surface area (Å²) in [5.74, 6) is -1.48. The van der Waals surface area contributed by atoms with E-state index in [1.165, 1.54) is 6.07 Å². The van der Waals surface area contributed by atoms with Crippen molar-refractivity contribution in [2.45, 2.75) is 33.1 Å². The number of carbonyl (C=O) groups is 2. The molecule has 1 amide bonds. The second-order valence-corrected chi connectivity index (χ2v) is 8.52. The van der Waals surface area contributed by atoms with Crippen molar-refractivity contribution in [3.63, 3.8) is 0 Å². The molecule has 0 radical (unpaired) electrons. The maximum atomic E-state index is 13.3. The van der Waals surface area contributed by atoms with Crippen molar-refractivity contribution in [2.24, 2.45) is 5.92 Å². The number of hydrogen-bond acceptors (Lipinski definition) is 3. The highest BCUT2D eigenvalue weighted by molar-refractivity contribution is 9.11. The normalized spacial score (nSPS) is 11.5. The van der Waals surface area contributed by atoms with E-state index in [1.54, 1.807) is 26.0 Å². The minimum atomic E-state index is -4.59. The lowest BCUT2D eigenvalue weighted by Gasteiger charge is -2.16. The number of carbonyl (C=O) groups excluding carboxylic acids is 1. The lowest BCUT2D eigenvalue weighted by atomic mass is 10.1. The highest BCUT2D eigenvalue weighted by atomic mass is 79.9. The Morgan fingerprint density at radius 2 is 1.67 bits per heavy atom. The first-order valence-corrected chi connectivity index (χ1v) is 10.3. The van der Waals surface area contributed by atoms with Gasteiger partial charge in [0.15, 0.2) is 0 Å². The predicted molar refractivity (Wildman–Crippen MR) is 112 cm³/mol. The van der Waals surface area contributed by atoms with Gasteiger partial charge in [0, 0.05) is 11.6 Å². The van der Waals surface area contributed by atoms with Crippen LogP contribution in [0.2, 0.25) is 0 Å². The van der Waals surface area contributed by atoms with Crippen LogP contribution >= 0.6 is 31.9 Å². The molecule has 162 valence electrons. The number of carboxylic acids is 1. The van der Waals surface area contributed by atoms with Gasteiger partial charge in [-0.3, -0.25) is 9.59 Å². The van der Waals surface area contributed by atoms with E-state index in [9.17, 15) is 22.8 Å². The molecular formula is C20H18Br2F3NO4. The molecular weight excluding hydrogens is 535 g/mol. The molecule has 0 bridgehead atoms. The monoisotopic (exact) mass is 551 g/mol. The number of alkyl halides is 3. The van der Waals surface area contributed by atoms with Gasteiger partial charge in [0.1, 0.15) is 12.4 Å². The zero-order chi connectivity index (χ0) is 22.6. The van der Waals surface area contributed by atoms with Gasteiger partial charge in [-0.15, -0.1) is 0 Å². The average molecular weight is 553 g/mol. The first kappa shape index (κ1) is 24.2. The van der Waals surface area contributed by atoms with Crippen molar-refractivity contribution >= 4 is 49.4 Å². The quantitative estimate of drug-likeness (QED) is 0.439. The Hall–Kier alpha value is -2.07. The van der Waals surface area contributed by atoms with Gasteiger partial charge in [-0.2, -0.15) is 13.2 Å². The smallest absolute Gasteiger partial charge is 0.416 e. The molecule has 2 N–H and O–H groups in total. The number of amides is 1. The van der Waals surface area contributed by atoms with Crippen molar-refractivity contribution in [2.75, 3.05) is 5.32 Å². The third kappa shape index (κ3) is 6.73. The van der Waals surface area contributed by atoms with Crippen LogP contribution in [0, 0.1) is 5.92 Å². The minimum absolute atomic E-state index is 0.0251. The Morgan fingerprint density at radius 3 is 2.17 bits per heavy atom. The van der Waals surface area contributed by atoms with Crippen molar-refractivity contribution in [1.82, 2.24) is 0 Å². The molecule has 0 saturated heterocycles. The largest absolute Gasteiger partial charge is 0.487 e. The van der Waals surface area contributed by atoms with E-state index in [0.29, 0.717) is 20.3 Å². The molecule has 0 heterocycles. The Morgan fingerprint density at radius 1 is 1.07 bits per heavy atom. The van der Waals surface area contributed by atoms with Crippen LogP contribution in [0.5, 0.6) is 5.75 Å². The number of aliphatic carboxylic acids is 1. The number of rotatable bonds is 7. The van der Waals surface area contributed by atoms with Gasteiger partial charge < -0.3 is 15.2 Å². The summed E-state index contributed by atoms with van der Waals surface area (Å²) in [5.41, 5.74) is -0.154. The summed E-state index contributed by atoms with van der Waals surface area (Å²) < 4.78 is 46.4. The van der Waals surface area contributed by atoms with Gasteiger partial charge in [-0.25, -0.2) is 0 Å². The number of ether oxygens (including phenoxy) is 1. The molecule has 30 heavy (non-hydrogen) atoms. The molecule has 0 aliphatic rings. The number of hydrogen-bond donors (Lipinski definition) is 2. The summed E-state index contributed by atoms with van der Waals surface area (Å²) >= 11 is 6.57. The summed E-state index contributed by atoms with van der Waals surface area (Å²) in [6.45, 7) is 3.07. The fraction of sp³-hybridized carbons (Fsp3) is 0.300. The maximum Gasteiger partial charge on any atom is 0.416 e. The Balaban J connectivity index is 2.29. The van der Waals surface area contributed by atoms with Crippen molar-refractivity contribution < 1.29 is 32.6 Å². The number of carboxylic acid groups (broad SMARTS) is 1. The minimum Gasteiger partial charge on any atom is -0.487 e. The SMILES string of the molecule is CC(C)C(=O)Nc1cc(COc2c(Br)cc(CC(=O)O)cc2Br)cc(C(F)(F)F)c1. The van der Waals surface area contributed by atoms with Crippen LogP contribution in [0.3, 0.4) is 0 Å². The van der Waals surface area contributed by atoms with E-state index >= 15 is 0 Å². The molecule has 2 rings (SSSR count). The molecule has 2 aromatic rings. The molecule has 0 saturated carbocycles. The van der Waals surface area contributed by atoms with E-state index in [-0.39, 0.29) is 24.3 Å².